The minimum absolute atomic E-state index is 0.0666. The number of H-pyrrole nitrogens is 1. The van der Waals surface area contributed by atoms with Gasteiger partial charge in [0.05, 0.1) is 17.8 Å². The van der Waals surface area contributed by atoms with Crippen molar-refractivity contribution >= 4 is 11.6 Å². The first kappa shape index (κ1) is 16.3. The Morgan fingerprint density at radius 1 is 1.28 bits per heavy atom. The van der Waals surface area contributed by atoms with E-state index < -0.39 is 0 Å². The van der Waals surface area contributed by atoms with Crippen LogP contribution in [0.3, 0.4) is 0 Å². The zero-order valence-corrected chi connectivity index (χ0v) is 15.3. The summed E-state index contributed by atoms with van der Waals surface area (Å²) < 4.78 is 1.39. The van der Waals surface area contributed by atoms with Crippen LogP contribution in [0.5, 0.6) is 0 Å². The molecule has 0 aromatic carbocycles. The molecule has 0 unspecified atom stereocenters. The van der Waals surface area contributed by atoms with Crippen LogP contribution in [0.4, 0.5) is 0 Å². The van der Waals surface area contributed by atoms with E-state index in [2.05, 4.69) is 35.8 Å². The predicted molar refractivity (Wildman–Crippen MR) is 94.7 cm³/mol. The number of likely N-dealkylation sites (tertiary alicyclic amines) is 1. The van der Waals surface area contributed by atoms with Gasteiger partial charge in [-0.05, 0) is 27.2 Å². The second kappa shape index (κ2) is 5.42. The fourth-order valence-corrected chi connectivity index (χ4v) is 3.73. The third kappa shape index (κ3) is 2.57. The van der Waals surface area contributed by atoms with Crippen LogP contribution in [0.15, 0.2) is 10.9 Å². The van der Waals surface area contributed by atoms with E-state index in [0.29, 0.717) is 35.9 Å². The molecule has 2 aliphatic heterocycles. The molecule has 0 bridgehead atoms. The number of rotatable bonds is 3. The molecule has 134 valence electrons. The first-order valence-electron chi connectivity index (χ1n) is 8.96. The minimum atomic E-state index is -0.177. The highest BCUT2D eigenvalue weighted by Crippen LogP contribution is 2.28. The third-order valence-corrected chi connectivity index (χ3v) is 5.36. The van der Waals surface area contributed by atoms with Crippen LogP contribution in [0.25, 0.3) is 5.65 Å². The van der Waals surface area contributed by atoms with Crippen LogP contribution >= 0.6 is 0 Å². The fourth-order valence-electron chi connectivity index (χ4n) is 3.73. The number of nitrogens with one attached hydrogen (secondary N) is 1. The molecule has 0 radical (unpaired) electrons. The number of carbonyl (C=O) groups excluding carboxylic acids is 1. The van der Waals surface area contributed by atoms with Gasteiger partial charge in [0, 0.05) is 37.2 Å². The number of amides is 1. The molecule has 1 fully saturated rings. The van der Waals surface area contributed by atoms with E-state index in [1.165, 1.54) is 4.52 Å². The molecule has 7 nitrogen and oxygen atoms in total. The van der Waals surface area contributed by atoms with E-state index in [4.69, 9.17) is 0 Å². The lowest BCUT2D eigenvalue weighted by atomic mass is 9.92. The Bertz CT molecular complexity index is 899. The molecule has 25 heavy (non-hydrogen) atoms. The summed E-state index contributed by atoms with van der Waals surface area (Å²) in [6.07, 6.45) is 0.756. The summed E-state index contributed by atoms with van der Waals surface area (Å²) in [4.78, 5) is 32.8. The average Bonchev–Trinajstić information content (AvgIpc) is 3.04. The summed E-state index contributed by atoms with van der Waals surface area (Å²) in [7, 11) is 0. The van der Waals surface area contributed by atoms with Gasteiger partial charge in [-0.2, -0.15) is 9.61 Å². The van der Waals surface area contributed by atoms with Crippen molar-refractivity contribution in [3.63, 3.8) is 0 Å². The summed E-state index contributed by atoms with van der Waals surface area (Å²) in [5.41, 5.74) is 2.41. The molecule has 1 saturated heterocycles. The van der Waals surface area contributed by atoms with Gasteiger partial charge in [-0.3, -0.25) is 14.5 Å². The van der Waals surface area contributed by atoms with Gasteiger partial charge in [0.25, 0.3) is 11.5 Å². The van der Waals surface area contributed by atoms with Gasteiger partial charge in [-0.1, -0.05) is 6.92 Å². The van der Waals surface area contributed by atoms with Crippen LogP contribution in [0, 0.1) is 5.92 Å². The zero-order chi connectivity index (χ0) is 17.9. The van der Waals surface area contributed by atoms with Crippen LogP contribution < -0.4 is 5.56 Å². The molecule has 0 aliphatic carbocycles. The van der Waals surface area contributed by atoms with Gasteiger partial charge in [0.2, 0.25) is 0 Å². The molecule has 2 aromatic rings. The summed E-state index contributed by atoms with van der Waals surface area (Å²) in [6.45, 7) is 11.7. The van der Waals surface area contributed by atoms with Crippen molar-refractivity contribution in [2.24, 2.45) is 5.92 Å². The maximum absolute atomic E-state index is 12.7. The largest absolute Gasteiger partial charge is 0.335 e. The zero-order valence-electron chi connectivity index (χ0n) is 15.3. The quantitative estimate of drug-likeness (QED) is 0.911. The predicted octanol–water partition coefficient (Wildman–Crippen LogP) is 1.27. The van der Waals surface area contributed by atoms with Crippen LogP contribution in [-0.4, -0.2) is 55.5 Å². The monoisotopic (exact) mass is 343 g/mol. The number of nitrogens with zero attached hydrogens (tertiary/aromatic N) is 4. The van der Waals surface area contributed by atoms with Gasteiger partial charge in [0.1, 0.15) is 11.3 Å². The molecule has 7 heteroatoms. The second-order valence-electron chi connectivity index (χ2n) is 8.20. The lowest BCUT2D eigenvalue weighted by Crippen LogP contribution is -2.58. The highest BCUT2D eigenvalue weighted by atomic mass is 16.2. The molecule has 4 heterocycles. The van der Waals surface area contributed by atoms with Crippen molar-refractivity contribution in [3.05, 3.63) is 33.4 Å². The Morgan fingerprint density at radius 2 is 2.00 bits per heavy atom. The molecular formula is C18H25N5O2. The fraction of sp³-hybridized carbons (Fsp3) is 0.611. The summed E-state index contributed by atoms with van der Waals surface area (Å²) in [5.74, 6) is 0.409. The van der Waals surface area contributed by atoms with Crippen molar-refractivity contribution < 1.29 is 4.79 Å². The molecule has 1 amide bonds. The molecule has 0 spiro atoms. The third-order valence-electron chi connectivity index (χ3n) is 5.36. The summed E-state index contributed by atoms with van der Waals surface area (Å²) in [5, 5.41) is 4.32. The molecule has 1 N–H and O–H groups in total. The highest BCUT2D eigenvalue weighted by Gasteiger charge is 2.39. The van der Waals surface area contributed by atoms with Gasteiger partial charge in [-0.25, -0.2) is 0 Å². The average molecular weight is 343 g/mol. The Kier molecular flexibility index (Phi) is 3.54. The SMILES string of the molecule is CCc1cc2[nH]c3c(c(=O)n2n1)CN(CC1CN(C(C)(C)C)C1)C3=O. The number of aromatic amines is 1. The van der Waals surface area contributed by atoms with Crippen molar-refractivity contribution in [3.8, 4) is 0 Å². The van der Waals surface area contributed by atoms with Crippen molar-refractivity contribution in [1.29, 1.82) is 0 Å². The van der Waals surface area contributed by atoms with Crippen molar-refractivity contribution in [2.75, 3.05) is 19.6 Å². The lowest BCUT2D eigenvalue weighted by molar-refractivity contribution is -0.000260. The van der Waals surface area contributed by atoms with Crippen LogP contribution in [0.2, 0.25) is 0 Å². The van der Waals surface area contributed by atoms with E-state index >= 15 is 0 Å². The number of fused-ring (bicyclic) bond motifs is 2. The Hall–Kier alpha value is -2.15. The van der Waals surface area contributed by atoms with Gasteiger partial charge >= 0.3 is 0 Å². The summed E-state index contributed by atoms with van der Waals surface area (Å²) in [6, 6.07) is 1.84. The summed E-state index contributed by atoms with van der Waals surface area (Å²) >= 11 is 0. The molecule has 2 aliphatic rings. The maximum atomic E-state index is 12.7. The first-order valence-corrected chi connectivity index (χ1v) is 8.96. The minimum Gasteiger partial charge on any atom is -0.335 e. The molecule has 0 atom stereocenters. The van der Waals surface area contributed by atoms with Crippen molar-refractivity contribution in [2.45, 2.75) is 46.2 Å². The standard InChI is InChI=1S/C18H25N5O2/c1-5-12-6-14-19-15-13(16(24)23(14)20-12)10-21(17(15)25)7-11-8-22(9-11)18(2,3)4/h6,11,19H,5,7-10H2,1-4H3. The van der Waals surface area contributed by atoms with Crippen molar-refractivity contribution in [1.82, 2.24) is 24.4 Å². The molecule has 4 rings (SSSR count). The van der Waals surface area contributed by atoms with Gasteiger partial charge in [0.15, 0.2) is 0 Å². The van der Waals surface area contributed by atoms with Gasteiger partial charge < -0.3 is 9.88 Å². The van der Waals surface area contributed by atoms with E-state index in [0.717, 1.165) is 25.2 Å². The first-order chi connectivity index (χ1) is 11.8. The molecule has 2 aromatic heterocycles. The highest BCUT2D eigenvalue weighted by molar-refractivity contribution is 5.96. The van der Waals surface area contributed by atoms with Gasteiger partial charge in [-0.15, -0.1) is 0 Å². The van der Waals surface area contributed by atoms with E-state index in [-0.39, 0.29) is 17.0 Å². The van der Waals surface area contributed by atoms with E-state index in [1.807, 2.05) is 13.0 Å². The number of aromatic nitrogens is 3. The van der Waals surface area contributed by atoms with Crippen LogP contribution in [0.1, 0.15) is 49.4 Å². The number of carbonyl (C=O) groups is 1. The van der Waals surface area contributed by atoms with E-state index in [1.54, 1.807) is 4.90 Å². The Morgan fingerprint density at radius 3 is 2.64 bits per heavy atom. The number of aryl methyl sites for hydroxylation is 1. The number of hydrogen-bond acceptors (Lipinski definition) is 4. The topological polar surface area (TPSA) is 73.7 Å². The van der Waals surface area contributed by atoms with Crippen LogP contribution in [-0.2, 0) is 13.0 Å². The smallest absolute Gasteiger partial charge is 0.280 e. The maximum Gasteiger partial charge on any atom is 0.280 e. The number of hydrogen-bond donors (Lipinski definition) is 1. The normalized spacial score (nSPS) is 18.9. The van der Waals surface area contributed by atoms with E-state index in [9.17, 15) is 9.59 Å². The molecular weight excluding hydrogens is 318 g/mol. The second-order valence-corrected chi connectivity index (χ2v) is 8.20. The Balaban J connectivity index is 1.54. The lowest BCUT2D eigenvalue weighted by Gasteiger charge is -2.48. The Labute approximate surface area is 146 Å². The molecule has 0 saturated carbocycles.